The van der Waals surface area contributed by atoms with Crippen LogP contribution in [-0.2, 0) is 19.4 Å². The van der Waals surface area contributed by atoms with Gasteiger partial charge in [-0.1, -0.05) is 0 Å². The van der Waals surface area contributed by atoms with E-state index in [0.29, 0.717) is 25.4 Å². The van der Waals surface area contributed by atoms with E-state index >= 15 is 0 Å². The molecule has 0 aromatic heterocycles. The number of rotatable bonds is 6. The predicted octanol–water partition coefficient (Wildman–Crippen LogP) is -0.595. The Kier molecular flexibility index (Phi) is 6.38. The van der Waals surface area contributed by atoms with Gasteiger partial charge in [-0.05, 0) is 24.3 Å². The zero-order valence-corrected chi connectivity index (χ0v) is 15.1. The van der Waals surface area contributed by atoms with Crippen molar-refractivity contribution in [1.29, 1.82) is 0 Å². The van der Waals surface area contributed by atoms with E-state index in [-0.39, 0.29) is 29.0 Å². The largest absolute Gasteiger partial charge is 0.497 e. The van der Waals surface area contributed by atoms with Gasteiger partial charge in [0.1, 0.15) is 11.8 Å². The molecule has 2 amide bonds. The topological polar surface area (TPSA) is 105 Å². The molecule has 25 heavy (non-hydrogen) atoms. The summed E-state index contributed by atoms with van der Waals surface area (Å²) in [6.07, 6.45) is 0. The van der Waals surface area contributed by atoms with E-state index in [0.717, 1.165) is 0 Å². The van der Waals surface area contributed by atoms with Crippen molar-refractivity contribution in [2.75, 3.05) is 39.0 Å². The molecule has 1 aliphatic rings. The first-order valence-electron chi connectivity index (χ1n) is 7.97. The first kappa shape index (κ1) is 19.2. The van der Waals surface area contributed by atoms with Crippen LogP contribution in [-0.4, -0.2) is 70.2 Å². The lowest BCUT2D eigenvalue weighted by atomic mass is 10.1. The van der Waals surface area contributed by atoms with E-state index in [1.165, 1.54) is 31.1 Å². The molecule has 2 N–H and O–H groups in total. The van der Waals surface area contributed by atoms with Crippen molar-refractivity contribution >= 4 is 21.7 Å². The third kappa shape index (κ3) is 4.93. The summed E-state index contributed by atoms with van der Waals surface area (Å²) in [5.41, 5.74) is 0. The minimum absolute atomic E-state index is 0.0184. The maximum Gasteiger partial charge on any atom is 0.244 e. The number of ether oxygens (including phenoxy) is 1. The summed E-state index contributed by atoms with van der Waals surface area (Å²) in [5, 5.41) is 5.67. The Hall–Kier alpha value is -2.13. The number of carbonyl (C=O) groups excluding carboxylic acids is 2. The quantitative estimate of drug-likeness (QED) is 0.694. The van der Waals surface area contributed by atoms with Crippen molar-refractivity contribution in [3.63, 3.8) is 0 Å². The molecule has 1 aliphatic heterocycles. The second-order valence-corrected chi connectivity index (χ2v) is 7.83. The summed E-state index contributed by atoms with van der Waals surface area (Å²) in [4.78, 5) is 25.5. The van der Waals surface area contributed by atoms with Crippen LogP contribution < -0.4 is 15.4 Å². The summed E-state index contributed by atoms with van der Waals surface area (Å²) in [7, 11) is -2.00. The number of nitrogens with one attached hydrogen (secondary N) is 2. The molecule has 1 aromatic carbocycles. The zero-order valence-electron chi connectivity index (χ0n) is 14.3. The number of hydrogen-bond donors (Lipinski definition) is 2. The molecular weight excluding hydrogens is 346 g/mol. The molecule has 1 saturated heterocycles. The molecule has 0 spiro atoms. The molecule has 138 valence electrons. The maximum absolute atomic E-state index is 12.3. The van der Waals surface area contributed by atoms with Gasteiger partial charge in [0.15, 0.2) is 9.84 Å². The normalized spacial score (nSPS) is 17.8. The Balaban J connectivity index is 1.91. The van der Waals surface area contributed by atoms with Crippen molar-refractivity contribution < 1.29 is 22.7 Å². The zero-order chi connectivity index (χ0) is 18.4. The van der Waals surface area contributed by atoms with Gasteiger partial charge in [0.2, 0.25) is 11.8 Å². The molecule has 0 unspecified atom stereocenters. The van der Waals surface area contributed by atoms with Gasteiger partial charge in [-0.2, -0.15) is 0 Å². The van der Waals surface area contributed by atoms with Crippen LogP contribution in [0.15, 0.2) is 29.2 Å². The second kappa shape index (κ2) is 8.30. The van der Waals surface area contributed by atoms with Gasteiger partial charge in [-0.15, -0.1) is 0 Å². The fourth-order valence-electron chi connectivity index (χ4n) is 2.64. The van der Waals surface area contributed by atoms with Crippen LogP contribution in [0.2, 0.25) is 0 Å². The summed E-state index contributed by atoms with van der Waals surface area (Å²) < 4.78 is 29.6. The predicted molar refractivity (Wildman–Crippen MR) is 92.1 cm³/mol. The van der Waals surface area contributed by atoms with Crippen LogP contribution in [0, 0.1) is 0 Å². The van der Waals surface area contributed by atoms with Crippen LogP contribution in [0.25, 0.3) is 0 Å². The van der Waals surface area contributed by atoms with Gasteiger partial charge in [0.25, 0.3) is 0 Å². The third-order valence-corrected chi connectivity index (χ3v) is 5.77. The fourth-order valence-corrected chi connectivity index (χ4v) is 3.80. The summed E-state index contributed by atoms with van der Waals surface area (Å²) in [6.45, 7) is 2.85. The molecule has 2 rings (SSSR count). The average Bonchev–Trinajstić information content (AvgIpc) is 2.61. The highest BCUT2D eigenvalue weighted by Gasteiger charge is 2.30. The van der Waals surface area contributed by atoms with Gasteiger partial charge in [-0.3, -0.25) is 9.59 Å². The number of hydrogen-bond acceptors (Lipinski definition) is 6. The second-order valence-electron chi connectivity index (χ2n) is 5.72. The van der Waals surface area contributed by atoms with Gasteiger partial charge < -0.3 is 20.3 Å². The maximum atomic E-state index is 12.3. The lowest BCUT2D eigenvalue weighted by molar-refractivity contribution is -0.139. The monoisotopic (exact) mass is 369 g/mol. The third-order valence-electron chi connectivity index (χ3n) is 4.04. The van der Waals surface area contributed by atoms with Crippen molar-refractivity contribution in [2.24, 2.45) is 0 Å². The summed E-state index contributed by atoms with van der Waals surface area (Å²) in [5.74, 6) is -0.174. The molecule has 0 aliphatic carbocycles. The van der Waals surface area contributed by atoms with Crippen molar-refractivity contribution in [3.05, 3.63) is 24.3 Å². The number of carbonyl (C=O) groups is 2. The Bertz CT molecular complexity index is 718. The molecule has 0 saturated carbocycles. The Morgan fingerprint density at radius 1 is 1.32 bits per heavy atom. The minimum Gasteiger partial charge on any atom is -0.497 e. The molecule has 8 nitrogen and oxygen atoms in total. The molecule has 1 heterocycles. The number of nitrogens with zero attached hydrogens (tertiary/aromatic N) is 1. The molecule has 0 bridgehead atoms. The Labute approximate surface area is 147 Å². The highest BCUT2D eigenvalue weighted by Crippen LogP contribution is 2.16. The van der Waals surface area contributed by atoms with E-state index in [1.54, 1.807) is 12.1 Å². The molecule has 1 aromatic rings. The highest BCUT2D eigenvalue weighted by molar-refractivity contribution is 7.91. The van der Waals surface area contributed by atoms with Crippen LogP contribution >= 0.6 is 0 Å². The molecule has 0 radical (unpaired) electrons. The first-order chi connectivity index (χ1) is 11.8. The minimum atomic E-state index is -3.51. The lowest BCUT2D eigenvalue weighted by Crippen LogP contribution is -2.59. The van der Waals surface area contributed by atoms with Gasteiger partial charge in [0.05, 0.1) is 17.8 Å². The van der Waals surface area contributed by atoms with E-state index in [4.69, 9.17) is 4.74 Å². The highest BCUT2D eigenvalue weighted by atomic mass is 32.2. The standard InChI is InChI=1S/C16H23N3O5S/c1-12(20)19-9-7-17-11-15(19)16(21)18-8-10-25(22,23)14-5-3-13(24-2)4-6-14/h3-6,15,17H,7-11H2,1-2H3,(H,18,21)/t15-/m1/s1. The molecular formula is C16H23N3O5S. The molecule has 1 atom stereocenters. The van der Waals surface area contributed by atoms with Crippen molar-refractivity contribution in [3.8, 4) is 5.75 Å². The summed E-state index contributed by atoms with van der Waals surface area (Å²) in [6, 6.07) is 5.47. The number of sulfone groups is 1. The number of benzene rings is 1. The molecule has 9 heteroatoms. The van der Waals surface area contributed by atoms with Crippen LogP contribution in [0.4, 0.5) is 0 Å². The lowest BCUT2D eigenvalue weighted by Gasteiger charge is -2.34. The average molecular weight is 369 g/mol. The summed E-state index contributed by atoms with van der Waals surface area (Å²) >= 11 is 0. The van der Waals surface area contributed by atoms with Crippen molar-refractivity contribution in [1.82, 2.24) is 15.5 Å². The van der Waals surface area contributed by atoms with Gasteiger partial charge in [-0.25, -0.2) is 8.42 Å². The van der Waals surface area contributed by atoms with E-state index < -0.39 is 15.9 Å². The van der Waals surface area contributed by atoms with E-state index in [1.807, 2.05) is 0 Å². The number of amides is 2. The van der Waals surface area contributed by atoms with Crippen LogP contribution in [0.3, 0.4) is 0 Å². The smallest absolute Gasteiger partial charge is 0.244 e. The first-order valence-corrected chi connectivity index (χ1v) is 9.63. The van der Waals surface area contributed by atoms with Crippen LogP contribution in [0.1, 0.15) is 6.92 Å². The Morgan fingerprint density at radius 2 is 2.00 bits per heavy atom. The Morgan fingerprint density at radius 3 is 2.60 bits per heavy atom. The molecule has 1 fully saturated rings. The number of piperazine rings is 1. The van der Waals surface area contributed by atoms with E-state index in [2.05, 4.69) is 10.6 Å². The van der Waals surface area contributed by atoms with E-state index in [9.17, 15) is 18.0 Å². The van der Waals surface area contributed by atoms with Crippen molar-refractivity contribution in [2.45, 2.75) is 17.9 Å². The van der Waals surface area contributed by atoms with Crippen LogP contribution in [0.5, 0.6) is 5.75 Å². The SMILES string of the molecule is COc1ccc(S(=O)(=O)CCNC(=O)[C@H]2CNCCN2C(C)=O)cc1. The van der Waals surface area contributed by atoms with Gasteiger partial charge >= 0.3 is 0 Å². The number of methoxy groups -OCH3 is 1. The van der Waals surface area contributed by atoms with Gasteiger partial charge in [0, 0.05) is 33.1 Å². The fraction of sp³-hybridized carbons (Fsp3) is 0.500.